The molecule has 3 heterocycles. The van der Waals surface area contributed by atoms with E-state index in [9.17, 15) is 92.7 Å². The van der Waals surface area contributed by atoms with Gasteiger partial charge in [0.15, 0.2) is 0 Å². The number of hydrogen-bond acceptors (Lipinski definition) is 22. The van der Waals surface area contributed by atoms with Crippen LogP contribution in [0.15, 0.2) is 37.6 Å². The van der Waals surface area contributed by atoms with Crippen molar-refractivity contribution in [3.8, 4) is 0 Å². The first kappa shape index (κ1) is 83.2. The van der Waals surface area contributed by atoms with Crippen molar-refractivity contribution in [1.29, 1.82) is 0 Å². The molecular formula is C60H96N20O19. The standard InChI is InChI=1S/C60H96N20O19/c1-27(2)11-38(54(92)77-43(22-81)56(94)74-40(13-29(5)6)55(93)78-44(23-82)57(95)76-42(60(98)99)16-36-19-64-26-69-36)72-45(85)20-65-52(90)41(15-35-18-63-25-68-35)75-59(97)48(33(10)84)79-46(86)21-66-58(96)47(32(9)83)80-50(88)31(8)71-53(91)39(12-28(3)4)73-49(87)30(7)70-51(89)37(61)14-34-17-62-24-67-34/h17-19,24-33,37-44,47-48,81-84H,11-16,20-23,61H2,1-10H3,(H,62,67)(H,63,68)(H,64,69)(H,65,90)(H,66,96)(H,70,89)(H,71,91)(H,72,85)(H,73,87)(H,74,94)(H,75,97)(H,76,95)(H,77,92)(H,78,93)(H,79,86)(H,80,88)(H,98,99)/t30-,31-,32+,33+,37-,38-,39-,40-,41-,42-,43-,44-,47-,48-/m0/s1. The highest BCUT2D eigenvalue weighted by atomic mass is 16.4. The highest BCUT2D eigenvalue weighted by Crippen LogP contribution is 2.11. The second-order valence-electron chi connectivity index (χ2n) is 24.9. The van der Waals surface area contributed by atoms with E-state index in [1.54, 1.807) is 41.5 Å². The summed E-state index contributed by atoms with van der Waals surface area (Å²) in [5.41, 5.74) is 7.22. The van der Waals surface area contributed by atoms with Gasteiger partial charge >= 0.3 is 5.97 Å². The van der Waals surface area contributed by atoms with Gasteiger partial charge in [-0.1, -0.05) is 41.5 Å². The Balaban J connectivity index is 1.63. The molecule has 13 amide bonds. The molecule has 3 rings (SSSR count). The van der Waals surface area contributed by atoms with E-state index in [2.05, 4.69) is 99.0 Å². The van der Waals surface area contributed by atoms with Crippen molar-refractivity contribution in [3.63, 3.8) is 0 Å². The van der Waals surface area contributed by atoms with E-state index in [1.807, 2.05) is 0 Å². The van der Waals surface area contributed by atoms with Crippen LogP contribution < -0.4 is 74.9 Å². The van der Waals surface area contributed by atoms with E-state index in [4.69, 9.17) is 5.73 Å². The third-order valence-electron chi connectivity index (χ3n) is 14.7. The molecule has 3 aromatic rings. The number of hydrogen-bond donors (Lipinski definition) is 22. The summed E-state index contributed by atoms with van der Waals surface area (Å²) in [6, 6.07) is -17.7. The van der Waals surface area contributed by atoms with Gasteiger partial charge in [0.1, 0.15) is 66.5 Å². The van der Waals surface area contributed by atoms with Gasteiger partial charge in [0, 0.05) is 54.9 Å². The normalized spacial score (nSPS) is 15.5. The number of aromatic amines is 3. The molecule has 14 atom stereocenters. The summed E-state index contributed by atoms with van der Waals surface area (Å²) in [6.45, 7) is 11.5. The third-order valence-corrected chi connectivity index (χ3v) is 14.7. The van der Waals surface area contributed by atoms with Gasteiger partial charge in [-0.15, -0.1) is 0 Å². The molecule has 0 saturated heterocycles. The van der Waals surface area contributed by atoms with E-state index in [0.29, 0.717) is 11.4 Å². The predicted molar refractivity (Wildman–Crippen MR) is 347 cm³/mol. The maximum absolute atomic E-state index is 13.8. The molecular weight excluding hydrogens is 1300 g/mol. The molecule has 0 bridgehead atoms. The molecule has 99 heavy (non-hydrogen) atoms. The molecule has 0 unspecified atom stereocenters. The number of aromatic nitrogens is 6. The van der Waals surface area contributed by atoms with Crippen LogP contribution in [0.25, 0.3) is 0 Å². The molecule has 0 saturated carbocycles. The smallest absolute Gasteiger partial charge is 0.326 e. The van der Waals surface area contributed by atoms with Crippen LogP contribution >= 0.6 is 0 Å². The van der Waals surface area contributed by atoms with E-state index in [1.165, 1.54) is 51.4 Å². The molecule has 0 aliphatic heterocycles. The SMILES string of the molecule is CC(C)C[C@H](NC(=O)CNC(=O)[C@H](Cc1cnc[nH]1)NC(=O)[C@@H](NC(=O)CNC(=O)[C@@H](NC(=O)[C@H](C)NC(=O)[C@H](CC(C)C)NC(=O)[C@H](C)NC(=O)[C@@H](N)Cc1cnc[nH]1)[C@@H](C)O)[C@@H](C)O)C(=O)N[C@@H](CO)C(=O)N[C@@H](CC(C)C)C(=O)N[C@@H](CO)C(=O)N[C@@H](Cc1cnc[nH]1)C(=O)O. The number of nitrogens with two attached hydrogens (primary N) is 1. The number of rotatable bonds is 43. The Hall–Kier alpha value is -9.99. The Bertz CT molecular complexity index is 3170. The number of amides is 13. The van der Waals surface area contributed by atoms with Crippen LogP contribution in [0.4, 0.5) is 0 Å². The molecule has 550 valence electrons. The monoisotopic (exact) mass is 1400 g/mol. The third kappa shape index (κ3) is 29.3. The number of carboxylic acids is 1. The van der Waals surface area contributed by atoms with Crippen LogP contribution in [-0.4, -0.2) is 249 Å². The van der Waals surface area contributed by atoms with Crippen molar-refractivity contribution in [1.82, 2.24) is 99.0 Å². The quantitative estimate of drug-likeness (QED) is 0.0250. The van der Waals surface area contributed by atoms with Crippen LogP contribution in [0.1, 0.15) is 106 Å². The first-order valence-corrected chi connectivity index (χ1v) is 31.9. The molecule has 39 nitrogen and oxygen atoms in total. The van der Waals surface area contributed by atoms with Gasteiger partial charge in [0.2, 0.25) is 76.8 Å². The largest absolute Gasteiger partial charge is 0.480 e. The number of carboxylic acid groups (broad SMARTS) is 1. The zero-order valence-electron chi connectivity index (χ0n) is 56.7. The van der Waals surface area contributed by atoms with Crippen LogP contribution in [0.2, 0.25) is 0 Å². The highest BCUT2D eigenvalue weighted by molar-refractivity contribution is 5.99. The van der Waals surface area contributed by atoms with Crippen molar-refractivity contribution in [2.24, 2.45) is 23.5 Å². The van der Waals surface area contributed by atoms with E-state index < -0.39 is 194 Å². The Morgan fingerprint density at radius 1 is 0.384 bits per heavy atom. The molecule has 39 heteroatoms. The minimum atomic E-state index is -1.82. The van der Waals surface area contributed by atoms with E-state index in [0.717, 1.165) is 13.8 Å². The average Bonchev–Trinajstić information content (AvgIpc) is 1.35. The molecule has 0 aliphatic carbocycles. The average molecular weight is 1400 g/mol. The second-order valence-corrected chi connectivity index (χ2v) is 24.9. The fraction of sp³-hybridized carbons (Fsp3) is 0.617. The maximum atomic E-state index is 13.8. The Labute approximate surface area is 569 Å². The number of aliphatic hydroxyl groups is 4. The fourth-order valence-corrected chi connectivity index (χ4v) is 9.40. The molecule has 0 fully saturated rings. The molecule has 3 aromatic heterocycles. The van der Waals surface area contributed by atoms with Crippen molar-refractivity contribution in [2.45, 2.75) is 192 Å². The lowest BCUT2D eigenvalue weighted by molar-refractivity contribution is -0.142. The van der Waals surface area contributed by atoms with E-state index >= 15 is 0 Å². The summed E-state index contributed by atoms with van der Waals surface area (Å²) in [5, 5.41) is 82.0. The maximum Gasteiger partial charge on any atom is 0.326 e. The number of nitrogens with one attached hydrogen (secondary N) is 16. The van der Waals surface area contributed by atoms with Gasteiger partial charge in [-0.2, -0.15) is 0 Å². The Kier molecular flexibility index (Phi) is 34.7. The van der Waals surface area contributed by atoms with Gasteiger partial charge in [0.25, 0.3) is 0 Å². The van der Waals surface area contributed by atoms with Crippen LogP contribution in [0, 0.1) is 17.8 Å². The van der Waals surface area contributed by atoms with Crippen LogP contribution in [-0.2, 0) is 86.4 Å². The summed E-state index contributed by atoms with van der Waals surface area (Å²) >= 11 is 0. The zero-order chi connectivity index (χ0) is 74.4. The van der Waals surface area contributed by atoms with E-state index in [-0.39, 0.29) is 62.0 Å². The molecule has 0 radical (unpaired) electrons. The lowest BCUT2D eigenvalue weighted by Crippen LogP contribution is -2.61. The molecule has 0 aromatic carbocycles. The van der Waals surface area contributed by atoms with Crippen LogP contribution in [0.3, 0.4) is 0 Å². The number of aliphatic hydroxyl groups excluding tert-OH is 4. The summed E-state index contributed by atoms with van der Waals surface area (Å²) in [6.07, 6.45) is 4.37. The Morgan fingerprint density at radius 3 is 1.13 bits per heavy atom. The molecule has 23 N–H and O–H groups in total. The topological polar surface area (TPSA) is 609 Å². The number of H-pyrrole nitrogens is 3. The van der Waals surface area contributed by atoms with Gasteiger partial charge in [-0.05, 0) is 64.7 Å². The lowest BCUT2D eigenvalue weighted by atomic mass is 10.0. The summed E-state index contributed by atoms with van der Waals surface area (Å²) in [7, 11) is 0. The minimum Gasteiger partial charge on any atom is -0.480 e. The number of aliphatic carboxylic acids is 1. The lowest BCUT2D eigenvalue weighted by Gasteiger charge is -2.27. The van der Waals surface area contributed by atoms with Gasteiger partial charge in [-0.25, -0.2) is 19.7 Å². The van der Waals surface area contributed by atoms with Crippen molar-refractivity contribution in [2.75, 3.05) is 26.3 Å². The van der Waals surface area contributed by atoms with Crippen molar-refractivity contribution >= 4 is 82.8 Å². The minimum absolute atomic E-state index is 0.0620. The van der Waals surface area contributed by atoms with Gasteiger partial charge in [0.05, 0.1) is 63.5 Å². The van der Waals surface area contributed by atoms with Gasteiger partial charge in [-0.3, -0.25) is 62.3 Å². The van der Waals surface area contributed by atoms with Gasteiger partial charge < -0.3 is 115 Å². The molecule has 0 spiro atoms. The summed E-state index contributed by atoms with van der Waals surface area (Å²) < 4.78 is 0. The fourth-order valence-electron chi connectivity index (χ4n) is 9.40. The van der Waals surface area contributed by atoms with Crippen molar-refractivity contribution in [3.05, 3.63) is 54.7 Å². The number of imidazole rings is 3. The highest BCUT2D eigenvalue weighted by Gasteiger charge is 2.37. The number of carbonyl (C=O) groups is 14. The zero-order valence-corrected chi connectivity index (χ0v) is 56.7. The first-order valence-electron chi connectivity index (χ1n) is 31.9. The Morgan fingerprint density at radius 2 is 0.717 bits per heavy atom. The number of nitrogens with zero attached hydrogens (tertiary/aromatic N) is 3. The summed E-state index contributed by atoms with van der Waals surface area (Å²) in [4.78, 5) is 206. The predicted octanol–water partition coefficient (Wildman–Crippen LogP) is -8.21. The number of carbonyl (C=O) groups excluding carboxylic acids is 13. The summed E-state index contributed by atoms with van der Waals surface area (Å²) in [5.74, 6) is -14.8. The van der Waals surface area contributed by atoms with Crippen LogP contribution in [0.5, 0.6) is 0 Å². The second kappa shape index (κ2) is 41.3. The first-order chi connectivity index (χ1) is 46.5. The molecule has 0 aliphatic rings. The van der Waals surface area contributed by atoms with Crippen molar-refractivity contribution < 1.29 is 92.7 Å².